The number of hydrogen-bond donors (Lipinski definition) is 1. The van der Waals surface area contributed by atoms with Crippen LogP contribution in [0.5, 0.6) is 0 Å². The number of benzene rings is 1. The van der Waals surface area contributed by atoms with Crippen LogP contribution in [-0.2, 0) is 11.3 Å². The normalized spacial score (nSPS) is 10.3. The number of nitrogens with zero attached hydrogens (tertiary/aromatic N) is 1. The van der Waals surface area contributed by atoms with Crippen molar-refractivity contribution in [1.29, 1.82) is 0 Å². The second kappa shape index (κ2) is 5.74. The summed E-state index contributed by atoms with van der Waals surface area (Å²) in [6, 6.07) is 9.21. The number of carbonyl (C=O) groups excluding carboxylic acids is 1. The van der Waals surface area contributed by atoms with E-state index in [1.807, 2.05) is 45.0 Å². The fraction of sp³-hybridized carbons (Fsp3) is 0.250. The lowest BCUT2D eigenvalue weighted by atomic mass is 10.1. The summed E-state index contributed by atoms with van der Waals surface area (Å²) in [5.41, 5.74) is 3.59. The third kappa shape index (κ3) is 3.35. The van der Waals surface area contributed by atoms with Crippen molar-refractivity contribution in [3.63, 3.8) is 0 Å². The van der Waals surface area contributed by atoms with Crippen molar-refractivity contribution in [3.05, 3.63) is 63.6 Å². The van der Waals surface area contributed by atoms with E-state index in [4.69, 9.17) is 0 Å². The van der Waals surface area contributed by atoms with E-state index >= 15 is 0 Å². The van der Waals surface area contributed by atoms with E-state index < -0.39 is 0 Å². The van der Waals surface area contributed by atoms with E-state index in [0.29, 0.717) is 0 Å². The van der Waals surface area contributed by atoms with Gasteiger partial charge in [0, 0.05) is 18.0 Å². The van der Waals surface area contributed by atoms with Crippen LogP contribution in [0.4, 0.5) is 5.69 Å². The minimum absolute atomic E-state index is 0.0203. The third-order valence-corrected chi connectivity index (χ3v) is 3.13. The Balaban J connectivity index is 2.13. The highest BCUT2D eigenvalue weighted by Gasteiger charge is 2.07. The number of nitrogens with one attached hydrogen (secondary N) is 1. The molecule has 2 rings (SSSR count). The molecule has 0 bridgehead atoms. The molecule has 0 aliphatic carbocycles. The van der Waals surface area contributed by atoms with Gasteiger partial charge in [0.2, 0.25) is 5.91 Å². The lowest BCUT2D eigenvalue weighted by molar-refractivity contribution is -0.116. The zero-order chi connectivity index (χ0) is 14.7. The van der Waals surface area contributed by atoms with Crippen molar-refractivity contribution in [2.45, 2.75) is 27.3 Å². The minimum Gasteiger partial charge on any atom is -0.324 e. The van der Waals surface area contributed by atoms with Gasteiger partial charge < -0.3 is 9.88 Å². The van der Waals surface area contributed by atoms with Crippen LogP contribution in [0.2, 0.25) is 0 Å². The van der Waals surface area contributed by atoms with Crippen molar-refractivity contribution in [2.24, 2.45) is 0 Å². The standard InChI is InChI=1S/C16H18N2O2/c1-11-4-5-13(3)14(8-11)17-15(19)10-18-7-6-12(2)9-16(18)20/h4-9H,10H2,1-3H3,(H,17,19). The first-order valence-corrected chi connectivity index (χ1v) is 6.50. The molecular formula is C16H18N2O2. The third-order valence-electron chi connectivity index (χ3n) is 3.13. The summed E-state index contributed by atoms with van der Waals surface area (Å²) in [5, 5.41) is 2.84. The van der Waals surface area contributed by atoms with Crippen molar-refractivity contribution < 1.29 is 4.79 Å². The highest BCUT2D eigenvalue weighted by Crippen LogP contribution is 2.16. The molecule has 20 heavy (non-hydrogen) atoms. The molecule has 1 aromatic carbocycles. The Hall–Kier alpha value is -2.36. The molecule has 0 unspecified atom stereocenters. The van der Waals surface area contributed by atoms with Crippen LogP contribution >= 0.6 is 0 Å². The summed E-state index contributed by atoms with van der Waals surface area (Å²) in [4.78, 5) is 23.7. The molecule has 0 saturated carbocycles. The Kier molecular flexibility index (Phi) is 4.03. The Morgan fingerprint density at radius 2 is 1.80 bits per heavy atom. The molecule has 0 radical (unpaired) electrons. The van der Waals surface area contributed by atoms with Crippen LogP contribution in [0, 0.1) is 20.8 Å². The molecule has 4 heteroatoms. The van der Waals surface area contributed by atoms with Gasteiger partial charge >= 0.3 is 0 Å². The number of amides is 1. The van der Waals surface area contributed by atoms with Crippen molar-refractivity contribution >= 4 is 11.6 Å². The SMILES string of the molecule is Cc1ccc(C)c(NC(=O)Cn2ccc(C)cc2=O)c1. The second-order valence-corrected chi connectivity index (χ2v) is 5.04. The average Bonchev–Trinajstić information content (AvgIpc) is 2.37. The van der Waals surface area contributed by atoms with Crippen LogP contribution in [0.15, 0.2) is 41.3 Å². The topological polar surface area (TPSA) is 51.1 Å². The van der Waals surface area contributed by atoms with Crippen molar-refractivity contribution in [3.8, 4) is 0 Å². The predicted octanol–water partition coefficient (Wildman–Crippen LogP) is 2.41. The molecule has 104 valence electrons. The summed E-state index contributed by atoms with van der Waals surface area (Å²) in [6.07, 6.45) is 1.64. The monoisotopic (exact) mass is 270 g/mol. The molecule has 2 aromatic rings. The van der Waals surface area contributed by atoms with Gasteiger partial charge in [0.25, 0.3) is 5.56 Å². The maximum Gasteiger partial charge on any atom is 0.251 e. The fourth-order valence-electron chi connectivity index (χ4n) is 1.95. The van der Waals surface area contributed by atoms with Gasteiger partial charge in [-0.25, -0.2) is 0 Å². The highest BCUT2D eigenvalue weighted by atomic mass is 16.2. The Bertz CT molecular complexity index is 702. The van der Waals surface area contributed by atoms with Crippen LogP contribution < -0.4 is 10.9 Å². The molecular weight excluding hydrogens is 252 g/mol. The van der Waals surface area contributed by atoms with Gasteiger partial charge in [-0.2, -0.15) is 0 Å². The first-order valence-electron chi connectivity index (χ1n) is 6.50. The molecule has 0 aliphatic rings. The molecule has 4 nitrogen and oxygen atoms in total. The maximum absolute atomic E-state index is 12.0. The van der Waals surface area contributed by atoms with E-state index in [-0.39, 0.29) is 18.0 Å². The lowest BCUT2D eigenvalue weighted by Crippen LogP contribution is -2.27. The number of anilines is 1. The number of aryl methyl sites for hydroxylation is 3. The van der Waals surface area contributed by atoms with E-state index in [1.54, 1.807) is 6.20 Å². The van der Waals surface area contributed by atoms with Crippen LogP contribution in [0.25, 0.3) is 0 Å². The van der Waals surface area contributed by atoms with Gasteiger partial charge in [0.1, 0.15) is 6.54 Å². The largest absolute Gasteiger partial charge is 0.324 e. The van der Waals surface area contributed by atoms with Gasteiger partial charge in [-0.1, -0.05) is 12.1 Å². The van der Waals surface area contributed by atoms with E-state index in [0.717, 1.165) is 22.4 Å². The molecule has 1 heterocycles. The summed E-state index contributed by atoms with van der Waals surface area (Å²) in [6.45, 7) is 5.78. The van der Waals surface area contributed by atoms with Gasteiger partial charge in [0.05, 0.1) is 0 Å². The van der Waals surface area contributed by atoms with Gasteiger partial charge in [-0.05, 0) is 49.6 Å². The number of pyridine rings is 1. The van der Waals surface area contributed by atoms with Crippen LogP contribution in [0.1, 0.15) is 16.7 Å². The van der Waals surface area contributed by atoms with Gasteiger partial charge in [0.15, 0.2) is 0 Å². The van der Waals surface area contributed by atoms with E-state index in [9.17, 15) is 9.59 Å². The molecule has 0 aliphatic heterocycles. The quantitative estimate of drug-likeness (QED) is 0.931. The maximum atomic E-state index is 12.0. The first-order chi connectivity index (χ1) is 9.45. The Labute approximate surface area is 118 Å². The minimum atomic E-state index is -0.204. The summed E-state index contributed by atoms with van der Waals surface area (Å²) in [7, 11) is 0. The van der Waals surface area contributed by atoms with Gasteiger partial charge in [-0.15, -0.1) is 0 Å². The van der Waals surface area contributed by atoms with E-state index in [1.165, 1.54) is 10.6 Å². The smallest absolute Gasteiger partial charge is 0.251 e. The Morgan fingerprint density at radius 3 is 2.50 bits per heavy atom. The predicted molar refractivity (Wildman–Crippen MR) is 80.0 cm³/mol. The highest BCUT2D eigenvalue weighted by molar-refractivity contribution is 5.91. The number of carbonyl (C=O) groups is 1. The molecule has 1 aromatic heterocycles. The zero-order valence-corrected chi connectivity index (χ0v) is 11.9. The zero-order valence-electron chi connectivity index (χ0n) is 11.9. The van der Waals surface area contributed by atoms with Crippen molar-refractivity contribution in [2.75, 3.05) is 5.32 Å². The summed E-state index contributed by atoms with van der Waals surface area (Å²) >= 11 is 0. The molecule has 0 atom stereocenters. The van der Waals surface area contributed by atoms with Gasteiger partial charge in [-0.3, -0.25) is 9.59 Å². The summed E-state index contributed by atoms with van der Waals surface area (Å²) < 4.78 is 1.40. The molecule has 0 fully saturated rings. The second-order valence-electron chi connectivity index (χ2n) is 5.04. The molecule has 1 amide bonds. The summed E-state index contributed by atoms with van der Waals surface area (Å²) in [5.74, 6) is -0.204. The van der Waals surface area contributed by atoms with Crippen LogP contribution in [-0.4, -0.2) is 10.5 Å². The van der Waals surface area contributed by atoms with Crippen LogP contribution in [0.3, 0.4) is 0 Å². The number of rotatable bonds is 3. The number of hydrogen-bond acceptors (Lipinski definition) is 2. The van der Waals surface area contributed by atoms with Crippen molar-refractivity contribution in [1.82, 2.24) is 4.57 Å². The first kappa shape index (κ1) is 14.1. The number of aromatic nitrogens is 1. The lowest BCUT2D eigenvalue weighted by Gasteiger charge is -2.10. The van der Waals surface area contributed by atoms with E-state index in [2.05, 4.69) is 5.32 Å². The average molecular weight is 270 g/mol. The molecule has 0 spiro atoms. The molecule has 0 saturated heterocycles. The molecule has 1 N–H and O–H groups in total. The Morgan fingerprint density at radius 1 is 1.10 bits per heavy atom. The fourth-order valence-corrected chi connectivity index (χ4v) is 1.95.